The largest absolute Gasteiger partial charge is 0.294 e. The topological polar surface area (TPSA) is 30.0 Å². The van der Waals surface area contributed by atoms with Gasteiger partial charge in [0.15, 0.2) is 5.78 Å². The predicted molar refractivity (Wildman–Crippen MR) is 74.1 cm³/mol. The fourth-order valence-corrected chi connectivity index (χ4v) is 2.07. The molecule has 0 aliphatic carbocycles. The first-order valence-electron chi connectivity index (χ1n) is 5.04. The number of pyridine rings is 1. The molecule has 0 saturated carbocycles. The van der Waals surface area contributed by atoms with Gasteiger partial charge in [0.05, 0.1) is 6.42 Å². The normalized spacial score (nSPS) is 10.2. The highest BCUT2D eigenvalue weighted by atomic mass is 79.9. The third-order valence-corrected chi connectivity index (χ3v) is 3.24. The highest BCUT2D eigenvalue weighted by Crippen LogP contribution is 2.14. The average molecular weight is 355 g/mol. The van der Waals surface area contributed by atoms with E-state index in [2.05, 4.69) is 36.8 Å². The van der Waals surface area contributed by atoms with E-state index in [0.29, 0.717) is 12.0 Å². The van der Waals surface area contributed by atoms with Crippen LogP contribution in [0.5, 0.6) is 0 Å². The molecular weight excluding hydrogens is 346 g/mol. The van der Waals surface area contributed by atoms with Gasteiger partial charge in [-0.25, -0.2) is 0 Å². The highest BCUT2D eigenvalue weighted by molar-refractivity contribution is 9.10. The molecule has 0 N–H and O–H groups in total. The second-order valence-electron chi connectivity index (χ2n) is 3.58. The van der Waals surface area contributed by atoms with Crippen molar-refractivity contribution >= 4 is 37.6 Å². The summed E-state index contributed by atoms with van der Waals surface area (Å²) in [4.78, 5) is 16.2. The highest BCUT2D eigenvalue weighted by Gasteiger charge is 2.08. The van der Waals surface area contributed by atoms with Crippen LogP contribution in [0, 0.1) is 0 Å². The number of hydrogen-bond acceptors (Lipinski definition) is 2. The number of rotatable bonds is 3. The maximum Gasteiger partial charge on any atom is 0.168 e. The van der Waals surface area contributed by atoms with Gasteiger partial charge in [-0.1, -0.05) is 28.1 Å². The summed E-state index contributed by atoms with van der Waals surface area (Å²) in [6.45, 7) is 0. The van der Waals surface area contributed by atoms with Gasteiger partial charge in [0, 0.05) is 26.4 Å². The van der Waals surface area contributed by atoms with E-state index in [4.69, 9.17) is 0 Å². The standard InChI is InChI=1S/C13H9Br2NO/c14-10-3-1-2-9(6-10)13(17)7-12-5-4-11(15)8-16-12/h1-6,8H,7H2. The Labute approximate surface area is 116 Å². The van der Waals surface area contributed by atoms with Gasteiger partial charge in [-0.2, -0.15) is 0 Å². The van der Waals surface area contributed by atoms with Crippen LogP contribution in [0.3, 0.4) is 0 Å². The second-order valence-corrected chi connectivity index (χ2v) is 5.41. The lowest BCUT2D eigenvalue weighted by Crippen LogP contribution is -2.04. The Balaban J connectivity index is 2.14. The molecule has 0 atom stereocenters. The molecule has 1 heterocycles. The van der Waals surface area contributed by atoms with Gasteiger partial charge >= 0.3 is 0 Å². The summed E-state index contributed by atoms with van der Waals surface area (Å²) in [7, 11) is 0. The van der Waals surface area contributed by atoms with E-state index in [1.807, 2.05) is 36.4 Å². The zero-order valence-corrected chi connectivity index (χ0v) is 12.0. The summed E-state index contributed by atoms with van der Waals surface area (Å²) in [6, 6.07) is 11.1. The first kappa shape index (κ1) is 12.5. The van der Waals surface area contributed by atoms with Crippen LogP contribution in [0.2, 0.25) is 0 Å². The third-order valence-electron chi connectivity index (χ3n) is 2.28. The molecule has 1 aromatic heterocycles. The molecule has 0 amide bonds. The SMILES string of the molecule is O=C(Cc1ccc(Br)cn1)c1cccc(Br)c1. The van der Waals surface area contributed by atoms with Gasteiger partial charge in [-0.15, -0.1) is 0 Å². The zero-order valence-electron chi connectivity index (χ0n) is 8.86. The molecule has 1 aromatic carbocycles. The fourth-order valence-electron chi connectivity index (χ4n) is 1.44. The molecule has 0 bridgehead atoms. The van der Waals surface area contributed by atoms with Crippen molar-refractivity contribution in [3.63, 3.8) is 0 Å². The number of Topliss-reactive ketones (excluding diaryl/α,β-unsaturated/α-hetero) is 1. The molecule has 2 aromatic rings. The van der Waals surface area contributed by atoms with Gasteiger partial charge in [-0.05, 0) is 40.2 Å². The van der Waals surface area contributed by atoms with Crippen molar-refractivity contribution in [2.45, 2.75) is 6.42 Å². The summed E-state index contributed by atoms with van der Waals surface area (Å²) in [6.07, 6.45) is 2.02. The van der Waals surface area contributed by atoms with Crippen LogP contribution in [0.4, 0.5) is 0 Å². The number of carbonyl (C=O) groups excluding carboxylic acids is 1. The number of nitrogens with zero attached hydrogens (tertiary/aromatic N) is 1. The van der Waals surface area contributed by atoms with Crippen LogP contribution in [0.1, 0.15) is 16.1 Å². The Bertz CT molecular complexity index is 537. The van der Waals surface area contributed by atoms with Crippen molar-refractivity contribution in [1.29, 1.82) is 0 Å². The number of ketones is 1. The van der Waals surface area contributed by atoms with Crippen LogP contribution in [-0.2, 0) is 6.42 Å². The van der Waals surface area contributed by atoms with Gasteiger partial charge in [0.1, 0.15) is 0 Å². The number of aromatic nitrogens is 1. The van der Waals surface area contributed by atoms with Crippen molar-refractivity contribution in [2.24, 2.45) is 0 Å². The van der Waals surface area contributed by atoms with Gasteiger partial charge in [-0.3, -0.25) is 9.78 Å². The molecule has 4 heteroatoms. The first-order chi connectivity index (χ1) is 8.15. The molecule has 0 radical (unpaired) electrons. The van der Waals surface area contributed by atoms with Crippen molar-refractivity contribution in [3.05, 3.63) is 62.8 Å². The monoisotopic (exact) mass is 353 g/mol. The van der Waals surface area contributed by atoms with Gasteiger partial charge < -0.3 is 0 Å². The lowest BCUT2D eigenvalue weighted by molar-refractivity contribution is 0.0992. The van der Waals surface area contributed by atoms with Gasteiger partial charge in [0.25, 0.3) is 0 Å². The number of benzene rings is 1. The second kappa shape index (κ2) is 5.56. The minimum atomic E-state index is 0.0705. The molecule has 0 saturated heterocycles. The minimum absolute atomic E-state index is 0.0705. The lowest BCUT2D eigenvalue weighted by atomic mass is 10.1. The fraction of sp³-hybridized carbons (Fsp3) is 0.0769. The molecule has 2 rings (SSSR count). The molecule has 17 heavy (non-hydrogen) atoms. The number of carbonyl (C=O) groups is 1. The van der Waals surface area contributed by atoms with Crippen LogP contribution >= 0.6 is 31.9 Å². The molecule has 0 aliphatic heterocycles. The smallest absolute Gasteiger partial charge is 0.168 e. The van der Waals surface area contributed by atoms with E-state index in [1.165, 1.54) is 0 Å². The Morgan fingerprint density at radius 2 is 1.94 bits per heavy atom. The van der Waals surface area contributed by atoms with Crippen LogP contribution < -0.4 is 0 Å². The van der Waals surface area contributed by atoms with Crippen molar-refractivity contribution in [3.8, 4) is 0 Å². The van der Waals surface area contributed by atoms with Crippen LogP contribution in [-0.4, -0.2) is 10.8 Å². The molecular formula is C13H9Br2NO. The molecule has 0 aliphatic rings. The van der Waals surface area contributed by atoms with Crippen molar-refractivity contribution in [1.82, 2.24) is 4.98 Å². The Morgan fingerprint density at radius 1 is 1.12 bits per heavy atom. The van der Waals surface area contributed by atoms with E-state index in [-0.39, 0.29) is 5.78 Å². The predicted octanol–water partition coefficient (Wildman–Crippen LogP) is 4.03. The quantitative estimate of drug-likeness (QED) is 0.779. The van der Waals surface area contributed by atoms with Crippen molar-refractivity contribution in [2.75, 3.05) is 0 Å². The third kappa shape index (κ3) is 3.48. The summed E-state index contributed by atoms with van der Waals surface area (Å²) >= 11 is 6.66. The van der Waals surface area contributed by atoms with E-state index in [0.717, 1.165) is 14.6 Å². The van der Waals surface area contributed by atoms with Crippen molar-refractivity contribution < 1.29 is 4.79 Å². The summed E-state index contributed by atoms with van der Waals surface area (Å²) in [5.41, 5.74) is 1.47. The molecule has 0 unspecified atom stereocenters. The maximum absolute atomic E-state index is 12.0. The average Bonchev–Trinajstić information content (AvgIpc) is 2.32. The lowest BCUT2D eigenvalue weighted by Gasteiger charge is -2.01. The van der Waals surface area contributed by atoms with E-state index < -0.39 is 0 Å². The molecule has 0 fully saturated rings. The Kier molecular flexibility index (Phi) is 4.07. The van der Waals surface area contributed by atoms with E-state index >= 15 is 0 Å². The summed E-state index contributed by atoms with van der Waals surface area (Å²) < 4.78 is 1.82. The summed E-state index contributed by atoms with van der Waals surface area (Å²) in [5, 5.41) is 0. The molecule has 86 valence electrons. The Hall–Kier alpha value is -1.00. The molecule has 2 nitrogen and oxygen atoms in total. The van der Waals surface area contributed by atoms with E-state index in [1.54, 1.807) is 6.20 Å². The van der Waals surface area contributed by atoms with Crippen LogP contribution in [0.15, 0.2) is 51.5 Å². The minimum Gasteiger partial charge on any atom is -0.294 e. The zero-order chi connectivity index (χ0) is 12.3. The van der Waals surface area contributed by atoms with Crippen LogP contribution in [0.25, 0.3) is 0 Å². The van der Waals surface area contributed by atoms with Gasteiger partial charge in [0.2, 0.25) is 0 Å². The Morgan fingerprint density at radius 3 is 2.59 bits per heavy atom. The van der Waals surface area contributed by atoms with E-state index in [9.17, 15) is 4.79 Å². The number of hydrogen-bond donors (Lipinski definition) is 0. The first-order valence-corrected chi connectivity index (χ1v) is 6.63. The maximum atomic E-state index is 12.0. The summed E-state index contributed by atoms with van der Waals surface area (Å²) in [5.74, 6) is 0.0705. The number of halogens is 2. The molecule has 0 spiro atoms.